The fraction of sp³-hybridized carbons (Fsp3) is 0.765. The van der Waals surface area contributed by atoms with E-state index in [2.05, 4.69) is 51.2 Å². The number of hydrogen-bond donors (Lipinski definition) is 1. The van der Waals surface area contributed by atoms with E-state index in [4.69, 9.17) is 0 Å². The molecule has 0 bridgehead atoms. The van der Waals surface area contributed by atoms with E-state index in [1.54, 1.807) is 0 Å². The second-order valence-corrected chi connectivity index (χ2v) is 7.69. The van der Waals surface area contributed by atoms with Gasteiger partial charge in [-0.1, -0.05) is 0 Å². The van der Waals surface area contributed by atoms with Gasteiger partial charge in [-0.25, -0.2) is 4.79 Å². The number of amides is 2. The zero-order valence-electron chi connectivity index (χ0n) is 15.0. The molecule has 2 rings (SSSR count). The van der Waals surface area contributed by atoms with Gasteiger partial charge in [-0.05, 0) is 61.3 Å². The summed E-state index contributed by atoms with van der Waals surface area (Å²) in [5.41, 5.74) is 2.01. The number of hydrogen-bond acceptors (Lipinski definition) is 2. The van der Waals surface area contributed by atoms with Gasteiger partial charge < -0.3 is 10.2 Å². The van der Waals surface area contributed by atoms with Crippen molar-refractivity contribution < 1.29 is 4.79 Å². The summed E-state index contributed by atoms with van der Waals surface area (Å²) in [6, 6.07) is 0.653. The van der Waals surface area contributed by atoms with Gasteiger partial charge in [0.15, 0.2) is 0 Å². The average molecular weight is 306 g/mol. The van der Waals surface area contributed by atoms with E-state index >= 15 is 0 Å². The molecule has 5 heteroatoms. The molecule has 0 radical (unpaired) electrons. The molecule has 1 heterocycles. The maximum absolute atomic E-state index is 12.6. The molecule has 124 valence electrons. The van der Waals surface area contributed by atoms with Gasteiger partial charge in [0.1, 0.15) is 0 Å². The minimum Gasteiger partial charge on any atom is -0.331 e. The van der Waals surface area contributed by atoms with E-state index in [0.29, 0.717) is 6.04 Å². The Hall–Kier alpha value is -1.52. The molecule has 1 aromatic heterocycles. The number of carbonyl (C=O) groups excluding carboxylic acids is 1. The van der Waals surface area contributed by atoms with Crippen LogP contribution in [0.5, 0.6) is 0 Å². The van der Waals surface area contributed by atoms with Crippen molar-refractivity contribution in [3.8, 4) is 0 Å². The monoisotopic (exact) mass is 306 g/mol. The lowest BCUT2D eigenvalue weighted by Crippen LogP contribution is -2.46. The molecule has 1 saturated carbocycles. The fourth-order valence-electron chi connectivity index (χ4n) is 2.75. The Bertz CT molecular complexity index is 535. The first-order valence-electron chi connectivity index (χ1n) is 8.26. The standard InChI is InChI=1S/C17H30N4O/c1-11(2)21(14-8-9-14)16(22)18-12(3)15-10-20(17(5,6)7)19-13(15)4/h10-12,14H,8-9H2,1-7H3,(H,18,22)/t12-/m1/s1. The third-order valence-electron chi connectivity index (χ3n) is 4.16. The Labute approximate surface area is 134 Å². The van der Waals surface area contributed by atoms with Crippen LogP contribution in [0.1, 0.15) is 71.7 Å². The summed E-state index contributed by atoms with van der Waals surface area (Å²) in [5.74, 6) is 0. The highest BCUT2D eigenvalue weighted by molar-refractivity contribution is 5.75. The van der Waals surface area contributed by atoms with E-state index in [9.17, 15) is 4.79 Å². The van der Waals surface area contributed by atoms with Gasteiger partial charge >= 0.3 is 6.03 Å². The van der Waals surface area contributed by atoms with Gasteiger partial charge in [0.2, 0.25) is 0 Å². The molecular weight excluding hydrogens is 276 g/mol. The molecule has 1 aliphatic rings. The molecular formula is C17H30N4O. The van der Waals surface area contributed by atoms with Crippen molar-refractivity contribution in [2.24, 2.45) is 0 Å². The van der Waals surface area contributed by atoms with Crippen LogP contribution in [0.3, 0.4) is 0 Å². The van der Waals surface area contributed by atoms with E-state index in [-0.39, 0.29) is 23.7 Å². The van der Waals surface area contributed by atoms with Crippen molar-refractivity contribution in [2.75, 3.05) is 0 Å². The second-order valence-electron chi connectivity index (χ2n) is 7.69. The molecule has 1 atom stereocenters. The molecule has 0 spiro atoms. The number of rotatable bonds is 4. The number of urea groups is 1. The maximum Gasteiger partial charge on any atom is 0.318 e. The van der Waals surface area contributed by atoms with Crippen LogP contribution in [0, 0.1) is 6.92 Å². The Morgan fingerprint density at radius 2 is 1.95 bits per heavy atom. The molecule has 1 aliphatic carbocycles. The molecule has 1 aromatic rings. The third-order valence-corrected chi connectivity index (χ3v) is 4.16. The molecule has 0 saturated heterocycles. The summed E-state index contributed by atoms with van der Waals surface area (Å²) in [4.78, 5) is 14.5. The minimum absolute atomic E-state index is 0.0351. The van der Waals surface area contributed by atoms with Crippen molar-refractivity contribution in [1.82, 2.24) is 20.0 Å². The SMILES string of the molecule is Cc1nn(C(C)(C)C)cc1[C@@H](C)NC(=O)N(C(C)C)C1CC1. The van der Waals surface area contributed by atoms with Crippen molar-refractivity contribution in [3.63, 3.8) is 0 Å². The number of nitrogens with zero attached hydrogens (tertiary/aromatic N) is 3. The van der Waals surface area contributed by atoms with Crippen LogP contribution in [0.15, 0.2) is 6.20 Å². The summed E-state index contributed by atoms with van der Waals surface area (Å²) in [6.45, 7) is 14.6. The molecule has 0 unspecified atom stereocenters. The summed E-state index contributed by atoms with van der Waals surface area (Å²) in [5, 5.41) is 7.73. The fourth-order valence-corrected chi connectivity index (χ4v) is 2.75. The topological polar surface area (TPSA) is 50.2 Å². The second kappa shape index (κ2) is 5.94. The highest BCUT2D eigenvalue weighted by Crippen LogP contribution is 2.29. The largest absolute Gasteiger partial charge is 0.331 e. The van der Waals surface area contributed by atoms with Crippen molar-refractivity contribution in [2.45, 2.75) is 85.0 Å². The Morgan fingerprint density at radius 1 is 1.36 bits per heavy atom. The van der Waals surface area contributed by atoms with E-state index in [1.165, 1.54) is 0 Å². The lowest BCUT2D eigenvalue weighted by atomic mass is 10.1. The molecule has 2 amide bonds. The Morgan fingerprint density at radius 3 is 2.36 bits per heavy atom. The highest BCUT2D eigenvalue weighted by Gasteiger charge is 2.35. The number of aromatic nitrogens is 2. The third kappa shape index (κ3) is 3.62. The molecule has 1 fully saturated rings. The summed E-state index contributed by atoms with van der Waals surface area (Å²) < 4.78 is 1.97. The van der Waals surface area contributed by atoms with E-state index < -0.39 is 0 Å². The van der Waals surface area contributed by atoms with Gasteiger partial charge in [0, 0.05) is 23.8 Å². The lowest BCUT2D eigenvalue weighted by molar-refractivity contribution is 0.176. The number of carbonyl (C=O) groups is 1. The van der Waals surface area contributed by atoms with Crippen LogP contribution in [0.25, 0.3) is 0 Å². The maximum atomic E-state index is 12.6. The van der Waals surface area contributed by atoms with Crippen LogP contribution in [-0.4, -0.2) is 32.8 Å². The lowest BCUT2D eigenvalue weighted by Gasteiger charge is -2.28. The molecule has 22 heavy (non-hydrogen) atoms. The number of nitrogens with one attached hydrogen (secondary N) is 1. The van der Waals surface area contributed by atoms with Gasteiger partial charge in [-0.2, -0.15) is 5.10 Å². The predicted molar refractivity (Wildman–Crippen MR) is 88.9 cm³/mol. The van der Waals surface area contributed by atoms with Gasteiger partial charge in [-0.3, -0.25) is 4.68 Å². The van der Waals surface area contributed by atoms with Crippen LogP contribution >= 0.6 is 0 Å². The smallest absolute Gasteiger partial charge is 0.318 e. The van der Waals surface area contributed by atoms with Gasteiger partial charge in [0.05, 0.1) is 17.3 Å². The highest BCUT2D eigenvalue weighted by atomic mass is 16.2. The molecule has 0 aliphatic heterocycles. The van der Waals surface area contributed by atoms with Crippen LogP contribution in [-0.2, 0) is 5.54 Å². The van der Waals surface area contributed by atoms with Crippen LogP contribution in [0.2, 0.25) is 0 Å². The zero-order valence-corrected chi connectivity index (χ0v) is 15.0. The predicted octanol–water partition coefficient (Wildman–Crippen LogP) is 3.59. The first-order valence-corrected chi connectivity index (χ1v) is 8.26. The molecule has 5 nitrogen and oxygen atoms in total. The number of aryl methyl sites for hydroxylation is 1. The van der Waals surface area contributed by atoms with Gasteiger partial charge in [-0.15, -0.1) is 0 Å². The normalized spacial score (nSPS) is 16.7. The van der Waals surface area contributed by atoms with Gasteiger partial charge in [0.25, 0.3) is 0 Å². The van der Waals surface area contributed by atoms with E-state index in [0.717, 1.165) is 24.1 Å². The van der Waals surface area contributed by atoms with Crippen molar-refractivity contribution in [1.29, 1.82) is 0 Å². The minimum atomic E-state index is -0.0509. The summed E-state index contributed by atoms with van der Waals surface area (Å²) in [6.07, 6.45) is 4.30. The quantitative estimate of drug-likeness (QED) is 0.924. The molecule has 1 N–H and O–H groups in total. The van der Waals surface area contributed by atoms with Crippen LogP contribution < -0.4 is 5.32 Å². The Kier molecular flexibility index (Phi) is 4.54. The zero-order chi connectivity index (χ0) is 16.7. The van der Waals surface area contributed by atoms with Crippen molar-refractivity contribution >= 4 is 6.03 Å². The van der Waals surface area contributed by atoms with Crippen molar-refractivity contribution in [3.05, 3.63) is 17.5 Å². The first kappa shape index (κ1) is 16.8. The van der Waals surface area contributed by atoms with E-state index in [1.807, 2.05) is 23.4 Å². The summed E-state index contributed by atoms with van der Waals surface area (Å²) in [7, 11) is 0. The van der Waals surface area contributed by atoms with Crippen LogP contribution in [0.4, 0.5) is 4.79 Å². The molecule has 0 aromatic carbocycles. The Balaban J connectivity index is 2.10. The summed E-state index contributed by atoms with van der Waals surface area (Å²) >= 11 is 0. The first-order chi connectivity index (χ1) is 10.1. The average Bonchev–Trinajstić information content (AvgIpc) is 3.08.